The van der Waals surface area contributed by atoms with Crippen molar-refractivity contribution in [2.75, 3.05) is 0 Å². The van der Waals surface area contributed by atoms with Crippen LogP contribution in [-0.2, 0) is 6.18 Å². The Morgan fingerprint density at radius 3 is 0.827 bits per heavy atom. The molecule has 0 saturated heterocycles. The molecule has 6 aromatic heterocycles. The lowest BCUT2D eigenvalue weighted by atomic mass is 9.95. The van der Waals surface area contributed by atoms with E-state index < -0.39 is 11.7 Å². The van der Waals surface area contributed by atoms with Crippen molar-refractivity contribution in [3.05, 3.63) is 314 Å². The van der Waals surface area contributed by atoms with Crippen molar-refractivity contribution in [3.8, 4) is 57.4 Å². The monoisotopic (exact) mass is 1260 g/mol. The molecule has 0 aliphatic heterocycles. The fraction of sp³-hybridized carbons (Fsp3) is 0.0115. The van der Waals surface area contributed by atoms with Crippen LogP contribution in [0, 0.1) is 22.7 Å². The summed E-state index contributed by atoms with van der Waals surface area (Å²) in [4.78, 5) is 0. The zero-order valence-corrected chi connectivity index (χ0v) is 52.0. The minimum absolute atomic E-state index is 0.117. The molecule has 0 fully saturated rings. The van der Waals surface area contributed by atoms with Crippen LogP contribution in [0.15, 0.2) is 297 Å². The minimum atomic E-state index is -4.83. The summed E-state index contributed by atoms with van der Waals surface area (Å²) in [6, 6.07) is 105. The number of hydrogen-bond acceptors (Lipinski definition) is 2. The number of para-hydroxylation sites is 8. The fourth-order valence-corrected chi connectivity index (χ4v) is 16.2. The number of alkyl halides is 3. The number of aromatic nitrogens is 6. The Hall–Kier alpha value is -13.4. The third-order valence-electron chi connectivity index (χ3n) is 20.3. The molecular formula is C87H49F3N8. The molecule has 11 heteroatoms. The molecule has 98 heavy (non-hydrogen) atoms. The smallest absolute Gasteiger partial charge is 0.309 e. The summed E-state index contributed by atoms with van der Waals surface area (Å²) >= 11 is 0. The van der Waals surface area contributed by atoms with Crippen LogP contribution in [0.2, 0.25) is 0 Å². The minimum Gasteiger partial charge on any atom is -0.309 e. The molecule has 0 atom stereocenters. The second-order valence-electron chi connectivity index (χ2n) is 25.3. The quantitative estimate of drug-likeness (QED) is 0.159. The highest BCUT2D eigenvalue weighted by Crippen LogP contribution is 2.47. The second kappa shape index (κ2) is 20.6. The second-order valence-corrected chi connectivity index (χ2v) is 25.3. The Labute approximate surface area is 556 Å². The SMILES string of the molecule is N#Cc1cc(-c2ccc(-n3c4cc(-n5c6ccccc6c6ccccc65)ccc4c4ccc(-n5c6ccccc6c6ccccc65)cc43)c(C#N)c2-n2c3cc(-n4c5ccccc5c5ccccc54)ccc3c3ccc(-n4c5ccccc5c5ccccc54)cc32)cc(C(F)(F)F)c1. The molecule has 14 aromatic carbocycles. The molecular weight excluding hydrogens is 1210 g/mol. The third-order valence-corrected chi connectivity index (χ3v) is 20.3. The van der Waals surface area contributed by atoms with Gasteiger partial charge in [-0.05, 0) is 127 Å². The molecule has 0 aliphatic rings. The van der Waals surface area contributed by atoms with Crippen molar-refractivity contribution >= 4 is 131 Å². The van der Waals surface area contributed by atoms with Crippen molar-refractivity contribution in [3.63, 3.8) is 0 Å². The van der Waals surface area contributed by atoms with Crippen LogP contribution in [0.4, 0.5) is 13.2 Å². The number of rotatable bonds is 7. The van der Waals surface area contributed by atoms with Crippen LogP contribution >= 0.6 is 0 Å². The van der Waals surface area contributed by atoms with Gasteiger partial charge in [0.25, 0.3) is 0 Å². The largest absolute Gasteiger partial charge is 0.416 e. The number of benzene rings is 14. The predicted octanol–water partition coefficient (Wildman–Crippen LogP) is 22.7. The highest BCUT2D eigenvalue weighted by atomic mass is 19.4. The van der Waals surface area contributed by atoms with E-state index in [1.807, 2.05) is 60.7 Å². The molecule has 8 nitrogen and oxygen atoms in total. The third kappa shape index (κ3) is 7.81. The molecule has 0 N–H and O–H groups in total. The summed E-state index contributed by atoms with van der Waals surface area (Å²) < 4.78 is 59.9. The molecule has 0 bridgehead atoms. The van der Waals surface area contributed by atoms with Crippen molar-refractivity contribution in [2.45, 2.75) is 6.18 Å². The van der Waals surface area contributed by atoms with E-state index in [-0.39, 0.29) is 16.7 Å². The zero-order valence-electron chi connectivity index (χ0n) is 52.0. The van der Waals surface area contributed by atoms with Crippen LogP contribution in [0.5, 0.6) is 0 Å². The van der Waals surface area contributed by atoms with Gasteiger partial charge in [-0.3, -0.25) is 0 Å². The lowest BCUT2D eigenvalue weighted by Gasteiger charge is -2.21. The van der Waals surface area contributed by atoms with E-state index in [1.54, 1.807) is 0 Å². The molecule has 0 amide bonds. The topological polar surface area (TPSA) is 77.2 Å². The van der Waals surface area contributed by atoms with Gasteiger partial charge in [0, 0.05) is 92.9 Å². The lowest BCUT2D eigenvalue weighted by Crippen LogP contribution is -2.09. The highest BCUT2D eigenvalue weighted by molar-refractivity contribution is 6.17. The Kier molecular flexibility index (Phi) is 11.6. The van der Waals surface area contributed by atoms with Gasteiger partial charge in [-0.1, -0.05) is 176 Å². The number of nitriles is 2. The number of hydrogen-bond donors (Lipinski definition) is 0. The van der Waals surface area contributed by atoms with Gasteiger partial charge in [-0.15, -0.1) is 0 Å². The van der Waals surface area contributed by atoms with E-state index in [2.05, 4.69) is 258 Å². The highest BCUT2D eigenvalue weighted by Gasteiger charge is 2.33. The Bertz CT molecular complexity index is 6410. The van der Waals surface area contributed by atoms with E-state index in [9.17, 15) is 10.5 Å². The first kappa shape index (κ1) is 55.1. The van der Waals surface area contributed by atoms with Crippen molar-refractivity contribution < 1.29 is 13.2 Å². The van der Waals surface area contributed by atoms with Gasteiger partial charge < -0.3 is 27.4 Å². The molecule has 0 spiro atoms. The van der Waals surface area contributed by atoms with E-state index >= 15 is 13.2 Å². The number of fused-ring (bicyclic) bond motifs is 18. The standard InChI is InChI=1S/C87H49F3N8/c88-87(89,90)54-44-52(50-91)43-53(45-54)59-41-42-81(97-82-46-55(93-73-25-9-1-17-60(73)61-18-2-10-26-74(61)93)33-37-68(82)69-38-34-56(47-83(69)97)94-75-27-11-3-19-62(75)63-20-4-12-28-76(63)94)72(51-92)86(59)98-84-48-57(95-77-29-13-5-21-64(77)65-22-6-14-30-78(65)95)35-39-70(84)71-40-36-58(49-85(71)98)96-79-31-15-7-23-66(79)67-24-8-16-32-80(67)96/h1-49H. The summed E-state index contributed by atoms with van der Waals surface area (Å²) in [6.45, 7) is 0. The number of nitrogens with zero attached hydrogens (tertiary/aromatic N) is 8. The van der Waals surface area contributed by atoms with E-state index in [1.165, 1.54) is 6.07 Å². The van der Waals surface area contributed by atoms with E-state index in [0.717, 1.165) is 155 Å². The van der Waals surface area contributed by atoms with Crippen molar-refractivity contribution in [1.82, 2.24) is 27.4 Å². The summed E-state index contributed by atoms with van der Waals surface area (Å²) in [5.74, 6) is 0. The zero-order chi connectivity index (χ0) is 65.2. The van der Waals surface area contributed by atoms with Gasteiger partial charge in [-0.2, -0.15) is 23.7 Å². The summed E-state index contributed by atoms with van der Waals surface area (Å²) in [5, 5.41) is 35.7. The first-order valence-corrected chi connectivity index (χ1v) is 32.5. The van der Waals surface area contributed by atoms with Gasteiger partial charge in [0.15, 0.2) is 0 Å². The Morgan fingerprint density at radius 2 is 0.541 bits per heavy atom. The molecule has 6 heterocycles. The van der Waals surface area contributed by atoms with Gasteiger partial charge in [-0.25, -0.2) is 0 Å². The van der Waals surface area contributed by atoms with Gasteiger partial charge in [0.1, 0.15) is 11.6 Å². The first-order valence-electron chi connectivity index (χ1n) is 32.5. The average Bonchev–Trinajstić information content (AvgIpc) is 1.54. The molecule has 20 rings (SSSR count). The van der Waals surface area contributed by atoms with Gasteiger partial charge in [0.05, 0.1) is 94.8 Å². The molecule has 0 aliphatic carbocycles. The Balaban J connectivity index is 0.955. The molecule has 458 valence electrons. The van der Waals surface area contributed by atoms with Crippen molar-refractivity contribution in [2.24, 2.45) is 0 Å². The maximum atomic E-state index is 15.5. The molecule has 20 aromatic rings. The van der Waals surface area contributed by atoms with Crippen LogP contribution in [-0.4, -0.2) is 27.4 Å². The van der Waals surface area contributed by atoms with E-state index in [0.29, 0.717) is 28.0 Å². The summed E-state index contributed by atoms with van der Waals surface area (Å²) in [5.41, 5.74) is 14.8. The van der Waals surface area contributed by atoms with Crippen LogP contribution < -0.4 is 0 Å². The predicted molar refractivity (Wildman–Crippen MR) is 392 cm³/mol. The van der Waals surface area contributed by atoms with Gasteiger partial charge in [0.2, 0.25) is 0 Å². The molecule has 0 saturated carbocycles. The maximum absolute atomic E-state index is 15.5. The lowest BCUT2D eigenvalue weighted by molar-refractivity contribution is -0.137. The van der Waals surface area contributed by atoms with Crippen molar-refractivity contribution in [1.29, 1.82) is 10.5 Å². The normalized spacial score (nSPS) is 12.2. The molecule has 0 radical (unpaired) electrons. The average molecular weight is 1260 g/mol. The van der Waals surface area contributed by atoms with E-state index in [4.69, 9.17) is 0 Å². The van der Waals surface area contributed by atoms with Gasteiger partial charge >= 0.3 is 6.18 Å². The fourth-order valence-electron chi connectivity index (χ4n) is 16.2. The Morgan fingerprint density at radius 1 is 0.255 bits per heavy atom. The number of halogens is 3. The maximum Gasteiger partial charge on any atom is 0.416 e. The van der Waals surface area contributed by atoms with Crippen LogP contribution in [0.1, 0.15) is 16.7 Å². The van der Waals surface area contributed by atoms with Crippen LogP contribution in [0.3, 0.4) is 0 Å². The first-order chi connectivity index (χ1) is 48.2. The summed E-state index contributed by atoms with van der Waals surface area (Å²) in [7, 11) is 0. The summed E-state index contributed by atoms with van der Waals surface area (Å²) in [6.07, 6.45) is -4.83. The van der Waals surface area contributed by atoms with Crippen LogP contribution in [0.25, 0.3) is 176 Å². The molecule has 0 unspecified atom stereocenters.